The second-order valence-electron chi connectivity index (χ2n) is 4.24. The number of fused-ring (bicyclic) bond motifs is 1. The fourth-order valence-corrected chi connectivity index (χ4v) is 2.45. The second kappa shape index (κ2) is 3.28. The Bertz CT molecular complexity index is 371. The van der Waals surface area contributed by atoms with Gasteiger partial charge in [0.2, 0.25) is 0 Å². The largest absolute Gasteiger partial charge is 0.507 e. The van der Waals surface area contributed by atoms with Gasteiger partial charge in [0.05, 0.1) is 0 Å². The van der Waals surface area contributed by atoms with Crippen LogP contribution in [0, 0.1) is 13.8 Å². The first-order chi connectivity index (χ1) is 6.61. The standard InChI is InChI=1S/C12H17NO/c1-7-6-9-4-3-5-10(13)11(9)8(2)12(7)14/h6,10,14H,3-5,13H2,1-2H3/t10-/m0/s1. The van der Waals surface area contributed by atoms with E-state index in [0.29, 0.717) is 5.75 Å². The molecule has 3 N–H and O–H groups in total. The highest BCUT2D eigenvalue weighted by molar-refractivity contribution is 5.50. The molecule has 1 aromatic carbocycles. The van der Waals surface area contributed by atoms with E-state index in [9.17, 15) is 5.11 Å². The van der Waals surface area contributed by atoms with Crippen molar-refractivity contribution >= 4 is 0 Å². The minimum atomic E-state index is 0.116. The average molecular weight is 191 g/mol. The minimum absolute atomic E-state index is 0.116. The van der Waals surface area contributed by atoms with Gasteiger partial charge in [0.25, 0.3) is 0 Å². The molecule has 0 bridgehead atoms. The molecule has 1 atom stereocenters. The molecule has 0 aliphatic heterocycles. The molecule has 2 nitrogen and oxygen atoms in total. The molecular weight excluding hydrogens is 174 g/mol. The molecule has 1 aromatic rings. The van der Waals surface area contributed by atoms with Crippen molar-refractivity contribution in [1.82, 2.24) is 0 Å². The molecule has 2 rings (SSSR count). The van der Waals surface area contributed by atoms with Crippen molar-refractivity contribution in [2.24, 2.45) is 5.73 Å². The lowest BCUT2D eigenvalue weighted by molar-refractivity contribution is 0.460. The molecular formula is C12H17NO. The van der Waals surface area contributed by atoms with Crippen LogP contribution in [-0.2, 0) is 6.42 Å². The lowest BCUT2D eigenvalue weighted by atomic mass is 9.84. The third kappa shape index (κ3) is 1.30. The van der Waals surface area contributed by atoms with Gasteiger partial charge in [0, 0.05) is 6.04 Å². The molecule has 0 saturated heterocycles. The van der Waals surface area contributed by atoms with Crippen LogP contribution in [0.3, 0.4) is 0 Å². The number of hydrogen-bond acceptors (Lipinski definition) is 2. The molecule has 0 unspecified atom stereocenters. The van der Waals surface area contributed by atoms with Crippen LogP contribution in [0.15, 0.2) is 6.07 Å². The Morgan fingerprint density at radius 1 is 1.43 bits per heavy atom. The van der Waals surface area contributed by atoms with Crippen molar-refractivity contribution in [3.8, 4) is 5.75 Å². The SMILES string of the molecule is Cc1cc2c(c(C)c1O)[C@@H](N)CCC2. The molecule has 0 heterocycles. The Labute approximate surface area is 84.7 Å². The Morgan fingerprint density at radius 3 is 2.86 bits per heavy atom. The smallest absolute Gasteiger partial charge is 0.121 e. The van der Waals surface area contributed by atoms with E-state index in [1.165, 1.54) is 11.1 Å². The maximum Gasteiger partial charge on any atom is 0.121 e. The molecule has 0 spiro atoms. The number of aromatic hydroxyl groups is 1. The first-order valence-electron chi connectivity index (χ1n) is 5.18. The third-order valence-corrected chi connectivity index (χ3v) is 3.20. The summed E-state index contributed by atoms with van der Waals surface area (Å²) in [5.41, 5.74) is 10.5. The quantitative estimate of drug-likeness (QED) is 0.661. The van der Waals surface area contributed by atoms with E-state index in [4.69, 9.17) is 5.73 Å². The number of phenolic OH excluding ortho intramolecular Hbond substituents is 1. The average Bonchev–Trinajstić information content (AvgIpc) is 2.14. The predicted molar refractivity (Wildman–Crippen MR) is 57.4 cm³/mol. The molecule has 76 valence electrons. The maximum atomic E-state index is 9.82. The summed E-state index contributed by atoms with van der Waals surface area (Å²) in [5.74, 6) is 0.418. The van der Waals surface area contributed by atoms with Crippen molar-refractivity contribution in [1.29, 1.82) is 0 Å². The fraction of sp³-hybridized carbons (Fsp3) is 0.500. The van der Waals surface area contributed by atoms with Gasteiger partial charge in [0.1, 0.15) is 5.75 Å². The number of nitrogens with two attached hydrogens (primary N) is 1. The van der Waals surface area contributed by atoms with Crippen LogP contribution in [0.25, 0.3) is 0 Å². The van der Waals surface area contributed by atoms with Gasteiger partial charge in [-0.25, -0.2) is 0 Å². The first-order valence-corrected chi connectivity index (χ1v) is 5.18. The number of benzene rings is 1. The molecule has 0 radical (unpaired) electrons. The van der Waals surface area contributed by atoms with Gasteiger partial charge in [-0.05, 0) is 55.4 Å². The van der Waals surface area contributed by atoms with Gasteiger partial charge in [-0.1, -0.05) is 6.07 Å². The second-order valence-corrected chi connectivity index (χ2v) is 4.24. The van der Waals surface area contributed by atoms with Crippen LogP contribution >= 0.6 is 0 Å². The van der Waals surface area contributed by atoms with Crippen LogP contribution in [0.4, 0.5) is 0 Å². The lowest BCUT2D eigenvalue weighted by Gasteiger charge is -2.25. The van der Waals surface area contributed by atoms with Crippen LogP contribution < -0.4 is 5.73 Å². The zero-order valence-corrected chi connectivity index (χ0v) is 8.80. The van der Waals surface area contributed by atoms with E-state index in [1.54, 1.807) is 0 Å². The Morgan fingerprint density at radius 2 is 2.14 bits per heavy atom. The Kier molecular flexibility index (Phi) is 2.23. The van der Waals surface area contributed by atoms with Crippen molar-refractivity contribution < 1.29 is 5.11 Å². The molecule has 0 fully saturated rings. The van der Waals surface area contributed by atoms with Gasteiger partial charge >= 0.3 is 0 Å². The van der Waals surface area contributed by atoms with Crippen molar-refractivity contribution in [3.63, 3.8) is 0 Å². The monoisotopic (exact) mass is 191 g/mol. The number of phenols is 1. The van der Waals surface area contributed by atoms with Crippen LogP contribution in [0.5, 0.6) is 5.75 Å². The minimum Gasteiger partial charge on any atom is -0.507 e. The lowest BCUT2D eigenvalue weighted by Crippen LogP contribution is -2.19. The summed E-state index contributed by atoms with van der Waals surface area (Å²) in [7, 11) is 0. The maximum absolute atomic E-state index is 9.82. The molecule has 1 aliphatic carbocycles. The number of aryl methyl sites for hydroxylation is 2. The third-order valence-electron chi connectivity index (χ3n) is 3.20. The zero-order valence-electron chi connectivity index (χ0n) is 8.80. The van der Waals surface area contributed by atoms with Crippen molar-refractivity contribution in [2.45, 2.75) is 39.2 Å². The van der Waals surface area contributed by atoms with Crippen LogP contribution in [0.1, 0.15) is 41.1 Å². The highest BCUT2D eigenvalue weighted by Gasteiger charge is 2.21. The summed E-state index contributed by atoms with van der Waals surface area (Å²) in [6.07, 6.45) is 3.30. The van der Waals surface area contributed by atoms with Gasteiger partial charge in [-0.3, -0.25) is 0 Å². The topological polar surface area (TPSA) is 46.2 Å². The van der Waals surface area contributed by atoms with E-state index < -0.39 is 0 Å². The Balaban J connectivity index is 2.64. The summed E-state index contributed by atoms with van der Waals surface area (Å²) in [6.45, 7) is 3.91. The highest BCUT2D eigenvalue weighted by Crippen LogP contribution is 2.36. The number of hydrogen-bond donors (Lipinski definition) is 2. The molecule has 14 heavy (non-hydrogen) atoms. The van der Waals surface area contributed by atoms with Crippen molar-refractivity contribution in [3.05, 3.63) is 28.3 Å². The summed E-state index contributed by atoms with van der Waals surface area (Å²) < 4.78 is 0. The normalized spacial score (nSPS) is 20.6. The summed E-state index contributed by atoms with van der Waals surface area (Å²) >= 11 is 0. The van der Waals surface area contributed by atoms with Gasteiger partial charge in [-0.15, -0.1) is 0 Å². The number of rotatable bonds is 0. The molecule has 0 saturated carbocycles. The Hall–Kier alpha value is -1.02. The fourth-order valence-electron chi connectivity index (χ4n) is 2.45. The van der Waals surface area contributed by atoms with Gasteiger partial charge in [0.15, 0.2) is 0 Å². The predicted octanol–water partition coefficient (Wildman–Crippen LogP) is 2.35. The van der Waals surface area contributed by atoms with Gasteiger partial charge < -0.3 is 10.8 Å². The zero-order chi connectivity index (χ0) is 10.3. The summed E-state index contributed by atoms with van der Waals surface area (Å²) in [4.78, 5) is 0. The van der Waals surface area contributed by atoms with E-state index >= 15 is 0 Å². The van der Waals surface area contributed by atoms with E-state index in [-0.39, 0.29) is 6.04 Å². The van der Waals surface area contributed by atoms with E-state index in [0.717, 1.165) is 30.4 Å². The summed E-state index contributed by atoms with van der Waals surface area (Å²) in [5, 5.41) is 9.82. The first kappa shape index (κ1) is 9.53. The van der Waals surface area contributed by atoms with E-state index in [1.807, 2.05) is 13.8 Å². The molecule has 2 heteroatoms. The summed E-state index contributed by atoms with van der Waals surface area (Å²) in [6, 6.07) is 2.20. The van der Waals surface area contributed by atoms with Gasteiger partial charge in [-0.2, -0.15) is 0 Å². The van der Waals surface area contributed by atoms with Crippen LogP contribution in [-0.4, -0.2) is 5.11 Å². The van der Waals surface area contributed by atoms with Crippen LogP contribution in [0.2, 0.25) is 0 Å². The molecule has 0 aromatic heterocycles. The highest BCUT2D eigenvalue weighted by atomic mass is 16.3. The molecule has 0 amide bonds. The van der Waals surface area contributed by atoms with Crippen molar-refractivity contribution in [2.75, 3.05) is 0 Å². The van der Waals surface area contributed by atoms with E-state index in [2.05, 4.69) is 6.07 Å². The molecule has 1 aliphatic rings.